The Morgan fingerprint density at radius 2 is 2.07 bits per heavy atom. The highest BCUT2D eigenvalue weighted by Crippen LogP contribution is 2.29. The van der Waals surface area contributed by atoms with Crippen molar-refractivity contribution in [1.29, 1.82) is 0 Å². The molecular weight excluding hydrogens is 345 g/mol. The number of aryl methyl sites for hydroxylation is 1. The largest absolute Gasteiger partial charge is 0.342 e. The highest BCUT2D eigenvalue weighted by molar-refractivity contribution is 5.79. The zero-order valence-corrected chi connectivity index (χ0v) is 15.1. The maximum Gasteiger partial charge on any atom is 0.260 e. The fraction of sp³-hybridized carbons (Fsp3) is 0.286. The Morgan fingerprint density at radius 1 is 1.22 bits per heavy atom. The van der Waals surface area contributed by atoms with Crippen LogP contribution in [-0.2, 0) is 11.2 Å². The number of halogens is 1. The van der Waals surface area contributed by atoms with Crippen molar-refractivity contribution in [2.45, 2.75) is 25.7 Å². The highest BCUT2D eigenvalue weighted by atomic mass is 19.1. The summed E-state index contributed by atoms with van der Waals surface area (Å²) in [6.45, 7) is 3.28. The first-order valence-corrected chi connectivity index (χ1v) is 9.02. The van der Waals surface area contributed by atoms with Crippen molar-refractivity contribution in [3.63, 3.8) is 0 Å². The first kappa shape index (κ1) is 17.4. The van der Waals surface area contributed by atoms with Crippen LogP contribution in [0, 0.1) is 12.7 Å². The van der Waals surface area contributed by atoms with Crippen LogP contribution in [0.3, 0.4) is 0 Å². The monoisotopic (exact) mass is 365 g/mol. The van der Waals surface area contributed by atoms with Gasteiger partial charge >= 0.3 is 0 Å². The Labute approximate surface area is 156 Å². The summed E-state index contributed by atoms with van der Waals surface area (Å²) in [6.07, 6.45) is 1.16. The van der Waals surface area contributed by atoms with Gasteiger partial charge in [0.1, 0.15) is 5.82 Å². The smallest absolute Gasteiger partial charge is 0.260 e. The molecule has 0 spiro atoms. The highest BCUT2D eigenvalue weighted by Gasteiger charge is 2.33. The molecule has 1 amide bonds. The Hall–Kier alpha value is -3.02. The summed E-state index contributed by atoms with van der Waals surface area (Å²) in [4.78, 5) is 18.5. The van der Waals surface area contributed by atoms with Gasteiger partial charge in [0.25, 0.3) is 5.89 Å². The van der Waals surface area contributed by atoms with Gasteiger partial charge in [0.15, 0.2) is 5.82 Å². The lowest BCUT2D eigenvalue weighted by molar-refractivity contribution is -0.127. The van der Waals surface area contributed by atoms with E-state index < -0.39 is 5.82 Å². The van der Waals surface area contributed by atoms with E-state index >= 15 is 0 Å². The predicted octanol–water partition coefficient (Wildman–Crippen LogP) is 3.74. The minimum Gasteiger partial charge on any atom is -0.342 e. The molecule has 1 fully saturated rings. The van der Waals surface area contributed by atoms with Crippen molar-refractivity contribution < 1.29 is 13.7 Å². The van der Waals surface area contributed by atoms with Crippen LogP contribution in [0.1, 0.15) is 29.3 Å². The Morgan fingerprint density at radius 3 is 2.89 bits per heavy atom. The van der Waals surface area contributed by atoms with Gasteiger partial charge in [0.05, 0.1) is 5.56 Å². The SMILES string of the molecule is Cc1cccc(CCN2CC(c3noc(-c4ccccc4F)n3)CC2=O)c1. The third-order valence-electron chi connectivity index (χ3n) is 4.88. The molecule has 5 nitrogen and oxygen atoms in total. The molecule has 1 aliphatic rings. The molecule has 0 bridgehead atoms. The number of benzene rings is 2. The van der Waals surface area contributed by atoms with Crippen LogP contribution in [-0.4, -0.2) is 34.0 Å². The molecule has 3 aromatic rings. The number of carbonyl (C=O) groups excluding carboxylic acids is 1. The second-order valence-corrected chi connectivity index (χ2v) is 6.92. The van der Waals surface area contributed by atoms with E-state index in [0.29, 0.717) is 25.3 Å². The van der Waals surface area contributed by atoms with E-state index in [1.54, 1.807) is 18.2 Å². The number of rotatable bonds is 5. The number of likely N-dealkylation sites (tertiary alicyclic amines) is 1. The molecule has 1 atom stereocenters. The Balaban J connectivity index is 1.43. The van der Waals surface area contributed by atoms with E-state index in [4.69, 9.17) is 4.52 Å². The van der Waals surface area contributed by atoms with Gasteiger partial charge in [-0.05, 0) is 31.0 Å². The fourth-order valence-electron chi connectivity index (χ4n) is 3.44. The van der Waals surface area contributed by atoms with Crippen LogP contribution in [0.5, 0.6) is 0 Å². The summed E-state index contributed by atoms with van der Waals surface area (Å²) >= 11 is 0. The van der Waals surface area contributed by atoms with E-state index in [1.165, 1.54) is 17.2 Å². The van der Waals surface area contributed by atoms with E-state index in [2.05, 4.69) is 35.3 Å². The summed E-state index contributed by atoms with van der Waals surface area (Å²) in [6, 6.07) is 14.6. The maximum atomic E-state index is 13.9. The van der Waals surface area contributed by atoms with Crippen molar-refractivity contribution in [2.24, 2.45) is 0 Å². The van der Waals surface area contributed by atoms with Gasteiger partial charge in [-0.2, -0.15) is 4.98 Å². The topological polar surface area (TPSA) is 59.2 Å². The molecule has 1 saturated heterocycles. The first-order chi connectivity index (χ1) is 13.1. The van der Waals surface area contributed by atoms with Crippen molar-refractivity contribution in [1.82, 2.24) is 15.0 Å². The second-order valence-electron chi connectivity index (χ2n) is 6.92. The molecular formula is C21H20FN3O2. The quantitative estimate of drug-likeness (QED) is 0.691. The standard InChI is InChI=1S/C21H20FN3O2/c1-14-5-4-6-15(11-14)9-10-25-13-16(12-19(25)26)20-23-21(27-24-20)17-7-2-3-8-18(17)22/h2-8,11,16H,9-10,12-13H2,1H3. The summed E-state index contributed by atoms with van der Waals surface area (Å²) in [5.41, 5.74) is 2.70. The van der Waals surface area contributed by atoms with Crippen LogP contribution < -0.4 is 0 Å². The van der Waals surface area contributed by atoms with E-state index in [9.17, 15) is 9.18 Å². The summed E-state index contributed by atoms with van der Waals surface area (Å²) in [5.74, 6) is 0.160. The van der Waals surface area contributed by atoms with Gasteiger partial charge in [-0.1, -0.05) is 47.1 Å². The van der Waals surface area contributed by atoms with Crippen molar-refractivity contribution in [3.8, 4) is 11.5 Å². The molecule has 1 aliphatic heterocycles. The minimum atomic E-state index is -0.407. The normalized spacial score (nSPS) is 16.9. The first-order valence-electron chi connectivity index (χ1n) is 9.02. The third kappa shape index (κ3) is 3.74. The molecule has 0 radical (unpaired) electrons. The van der Waals surface area contributed by atoms with E-state index in [-0.39, 0.29) is 23.3 Å². The zero-order valence-electron chi connectivity index (χ0n) is 15.1. The van der Waals surface area contributed by atoms with Crippen LogP contribution in [0.2, 0.25) is 0 Å². The van der Waals surface area contributed by atoms with Crippen LogP contribution in [0.25, 0.3) is 11.5 Å². The third-order valence-corrected chi connectivity index (χ3v) is 4.88. The lowest BCUT2D eigenvalue weighted by atomic mass is 10.1. The van der Waals surface area contributed by atoms with Crippen molar-refractivity contribution in [3.05, 3.63) is 71.3 Å². The minimum absolute atomic E-state index is 0.0879. The molecule has 0 N–H and O–H groups in total. The summed E-state index contributed by atoms with van der Waals surface area (Å²) in [5, 5.41) is 3.98. The van der Waals surface area contributed by atoms with Gasteiger partial charge < -0.3 is 9.42 Å². The fourth-order valence-corrected chi connectivity index (χ4v) is 3.44. The van der Waals surface area contributed by atoms with Gasteiger partial charge in [-0.25, -0.2) is 4.39 Å². The van der Waals surface area contributed by atoms with Gasteiger partial charge in [-0.3, -0.25) is 4.79 Å². The summed E-state index contributed by atoms with van der Waals surface area (Å²) in [7, 11) is 0. The lowest BCUT2D eigenvalue weighted by Gasteiger charge is -2.16. The van der Waals surface area contributed by atoms with Gasteiger partial charge in [0.2, 0.25) is 5.91 Å². The number of carbonyl (C=O) groups is 1. The molecule has 1 aromatic heterocycles. The molecule has 138 valence electrons. The Bertz CT molecular complexity index is 969. The Kier molecular flexibility index (Phi) is 4.71. The van der Waals surface area contributed by atoms with Crippen LogP contribution >= 0.6 is 0 Å². The number of hydrogen-bond donors (Lipinski definition) is 0. The lowest BCUT2D eigenvalue weighted by Crippen LogP contribution is -2.27. The average molecular weight is 365 g/mol. The molecule has 2 heterocycles. The molecule has 1 unspecified atom stereocenters. The van der Waals surface area contributed by atoms with E-state index in [0.717, 1.165) is 6.42 Å². The number of aromatic nitrogens is 2. The van der Waals surface area contributed by atoms with Crippen molar-refractivity contribution >= 4 is 5.91 Å². The second kappa shape index (κ2) is 7.31. The summed E-state index contributed by atoms with van der Waals surface area (Å²) < 4.78 is 19.1. The van der Waals surface area contributed by atoms with Gasteiger partial charge in [-0.15, -0.1) is 0 Å². The molecule has 0 saturated carbocycles. The maximum absolute atomic E-state index is 13.9. The molecule has 2 aromatic carbocycles. The van der Waals surface area contributed by atoms with Crippen molar-refractivity contribution in [2.75, 3.05) is 13.1 Å². The van der Waals surface area contributed by atoms with E-state index in [1.807, 2.05) is 11.0 Å². The average Bonchev–Trinajstić information content (AvgIpc) is 3.27. The van der Waals surface area contributed by atoms with Crippen LogP contribution in [0.15, 0.2) is 53.1 Å². The molecule has 0 aliphatic carbocycles. The zero-order chi connectivity index (χ0) is 18.8. The number of nitrogens with zero attached hydrogens (tertiary/aromatic N) is 3. The molecule has 6 heteroatoms. The predicted molar refractivity (Wildman–Crippen MR) is 98.5 cm³/mol. The van der Waals surface area contributed by atoms with Crippen LogP contribution in [0.4, 0.5) is 4.39 Å². The number of amides is 1. The molecule has 4 rings (SSSR count). The number of hydrogen-bond acceptors (Lipinski definition) is 4. The van der Waals surface area contributed by atoms with Gasteiger partial charge in [0, 0.05) is 25.4 Å². The molecule has 27 heavy (non-hydrogen) atoms.